The van der Waals surface area contributed by atoms with Gasteiger partial charge in [-0.1, -0.05) is 37.6 Å². The molecule has 0 saturated carbocycles. The molecule has 3 amide bonds. The molecule has 0 saturated heterocycles. The van der Waals surface area contributed by atoms with Gasteiger partial charge in [0.05, 0.1) is 16.1 Å². The van der Waals surface area contributed by atoms with Crippen LogP contribution in [0.2, 0.25) is 5.02 Å². The maximum atomic E-state index is 12.9. The fourth-order valence-electron chi connectivity index (χ4n) is 3.13. The summed E-state index contributed by atoms with van der Waals surface area (Å²) in [7, 11) is 0. The van der Waals surface area contributed by atoms with Gasteiger partial charge >= 0.3 is 0 Å². The fourth-order valence-corrected chi connectivity index (χ4v) is 3.31. The Hall–Kier alpha value is -3.26. The van der Waals surface area contributed by atoms with Gasteiger partial charge in [-0.15, -0.1) is 0 Å². The summed E-state index contributed by atoms with van der Waals surface area (Å²) in [4.78, 5) is 49.6. The Bertz CT molecular complexity index is 970. The highest BCUT2D eigenvalue weighted by atomic mass is 35.5. The summed E-state index contributed by atoms with van der Waals surface area (Å²) in [6.45, 7) is 3.41. The molecule has 0 aromatic heterocycles. The van der Waals surface area contributed by atoms with Gasteiger partial charge < -0.3 is 5.32 Å². The van der Waals surface area contributed by atoms with Crippen molar-refractivity contribution in [1.82, 2.24) is 4.90 Å². The molecule has 1 unspecified atom stereocenters. The van der Waals surface area contributed by atoms with Crippen molar-refractivity contribution in [3.8, 4) is 0 Å². The lowest BCUT2D eigenvalue weighted by Crippen LogP contribution is -2.50. The smallest absolute Gasteiger partial charge is 0.289 e. The van der Waals surface area contributed by atoms with E-state index in [1.165, 1.54) is 24.3 Å². The van der Waals surface area contributed by atoms with Crippen molar-refractivity contribution in [2.24, 2.45) is 5.92 Å². The number of nitro benzene ring substituents is 1. The van der Waals surface area contributed by atoms with Gasteiger partial charge in [0, 0.05) is 11.8 Å². The number of rotatable bonds is 5. The Morgan fingerprint density at radius 1 is 1.11 bits per heavy atom. The summed E-state index contributed by atoms with van der Waals surface area (Å²) in [6.07, 6.45) is 0. The number of carbonyl (C=O) groups is 3. The topological polar surface area (TPSA) is 110 Å². The van der Waals surface area contributed by atoms with Crippen molar-refractivity contribution in [2.45, 2.75) is 19.9 Å². The van der Waals surface area contributed by atoms with Crippen LogP contribution < -0.4 is 5.32 Å². The molecule has 8 nitrogen and oxygen atoms in total. The number of nitrogens with zero attached hydrogens (tertiary/aromatic N) is 2. The number of hydrogen-bond acceptors (Lipinski definition) is 5. The van der Waals surface area contributed by atoms with Gasteiger partial charge in [-0.05, 0) is 30.2 Å². The average molecular weight is 402 g/mol. The highest BCUT2D eigenvalue weighted by Gasteiger charge is 2.43. The van der Waals surface area contributed by atoms with Gasteiger partial charge in [-0.3, -0.25) is 29.4 Å². The van der Waals surface area contributed by atoms with E-state index in [2.05, 4.69) is 5.32 Å². The first-order chi connectivity index (χ1) is 13.2. The van der Waals surface area contributed by atoms with Crippen LogP contribution in [0.5, 0.6) is 0 Å². The van der Waals surface area contributed by atoms with Crippen LogP contribution >= 0.6 is 11.6 Å². The first-order valence-corrected chi connectivity index (χ1v) is 8.82. The van der Waals surface area contributed by atoms with Gasteiger partial charge in [0.2, 0.25) is 5.91 Å². The third-order valence-corrected chi connectivity index (χ3v) is 4.73. The van der Waals surface area contributed by atoms with Crippen molar-refractivity contribution >= 4 is 40.7 Å². The van der Waals surface area contributed by atoms with E-state index in [1.54, 1.807) is 26.0 Å². The van der Waals surface area contributed by atoms with Gasteiger partial charge in [-0.2, -0.15) is 0 Å². The van der Waals surface area contributed by atoms with E-state index in [-0.39, 0.29) is 33.4 Å². The number of hydrogen-bond donors (Lipinski definition) is 1. The zero-order chi connectivity index (χ0) is 20.6. The maximum absolute atomic E-state index is 12.9. The van der Waals surface area contributed by atoms with Crippen molar-refractivity contribution in [2.75, 3.05) is 5.32 Å². The molecule has 1 atom stereocenters. The number of fused-ring (bicyclic) bond motifs is 1. The zero-order valence-corrected chi connectivity index (χ0v) is 15.8. The van der Waals surface area contributed by atoms with Crippen LogP contribution in [0.1, 0.15) is 34.6 Å². The van der Waals surface area contributed by atoms with Crippen molar-refractivity contribution in [3.05, 3.63) is 68.7 Å². The SMILES string of the molecule is CC(C)C(C(=O)Nc1ccc(Cl)c([N+](=O)[O-])c1)N1C(=O)c2ccccc2C1=O. The fraction of sp³-hybridized carbons (Fsp3) is 0.211. The highest BCUT2D eigenvalue weighted by molar-refractivity contribution is 6.32. The second-order valence-electron chi connectivity index (χ2n) is 6.63. The number of carbonyl (C=O) groups excluding carboxylic acids is 3. The van der Waals surface area contributed by atoms with E-state index in [0.29, 0.717) is 0 Å². The standard InChI is InChI=1S/C19H16ClN3O5/c1-10(2)16(22-18(25)12-5-3-4-6-13(12)19(22)26)17(24)21-11-7-8-14(20)15(9-11)23(27)28/h3-10,16H,1-2H3,(H,21,24). The lowest BCUT2D eigenvalue weighted by Gasteiger charge is -2.28. The number of amides is 3. The van der Waals surface area contributed by atoms with Gasteiger partial charge in [0.1, 0.15) is 11.1 Å². The molecule has 0 spiro atoms. The molecule has 0 radical (unpaired) electrons. The second-order valence-corrected chi connectivity index (χ2v) is 7.03. The minimum atomic E-state index is -1.08. The van der Waals surface area contributed by atoms with Crippen LogP contribution in [0.15, 0.2) is 42.5 Å². The quantitative estimate of drug-likeness (QED) is 0.468. The predicted octanol–water partition coefficient (Wildman–Crippen LogP) is 3.51. The highest BCUT2D eigenvalue weighted by Crippen LogP contribution is 2.30. The van der Waals surface area contributed by atoms with E-state index in [9.17, 15) is 24.5 Å². The number of benzene rings is 2. The molecule has 9 heteroatoms. The summed E-state index contributed by atoms with van der Waals surface area (Å²) in [6, 6.07) is 9.10. The van der Waals surface area contributed by atoms with Gasteiger partial charge in [-0.25, -0.2) is 0 Å². The maximum Gasteiger partial charge on any atom is 0.289 e. The Labute approximate surface area is 165 Å². The monoisotopic (exact) mass is 401 g/mol. The molecule has 3 rings (SSSR count). The number of halogens is 1. The molecule has 0 aliphatic carbocycles. The lowest BCUT2D eigenvalue weighted by molar-refractivity contribution is -0.384. The third-order valence-electron chi connectivity index (χ3n) is 4.41. The van der Waals surface area contributed by atoms with E-state index < -0.39 is 28.7 Å². The van der Waals surface area contributed by atoms with Crippen LogP contribution in [0, 0.1) is 16.0 Å². The Morgan fingerprint density at radius 2 is 1.68 bits per heavy atom. The molecule has 144 valence electrons. The van der Waals surface area contributed by atoms with Crippen LogP contribution in [0.4, 0.5) is 11.4 Å². The van der Waals surface area contributed by atoms with E-state index in [1.807, 2.05) is 0 Å². The predicted molar refractivity (Wildman–Crippen MR) is 102 cm³/mol. The molecular weight excluding hydrogens is 386 g/mol. The Balaban J connectivity index is 1.91. The van der Waals surface area contributed by atoms with E-state index in [0.717, 1.165) is 11.0 Å². The Morgan fingerprint density at radius 3 is 2.18 bits per heavy atom. The van der Waals surface area contributed by atoms with Gasteiger partial charge in [0.15, 0.2) is 0 Å². The van der Waals surface area contributed by atoms with Crippen molar-refractivity contribution < 1.29 is 19.3 Å². The van der Waals surface area contributed by atoms with E-state index >= 15 is 0 Å². The first-order valence-electron chi connectivity index (χ1n) is 8.44. The molecule has 2 aromatic carbocycles. The number of imide groups is 1. The van der Waals surface area contributed by atoms with E-state index in [4.69, 9.17) is 11.6 Å². The molecule has 0 bridgehead atoms. The third kappa shape index (κ3) is 3.34. The molecule has 28 heavy (non-hydrogen) atoms. The summed E-state index contributed by atoms with van der Waals surface area (Å²) in [5, 5.41) is 13.5. The molecule has 1 aliphatic heterocycles. The molecule has 0 fully saturated rings. The number of anilines is 1. The first kappa shape index (κ1) is 19.5. The van der Waals surface area contributed by atoms with Crippen LogP contribution in [0.25, 0.3) is 0 Å². The summed E-state index contributed by atoms with van der Waals surface area (Å²) in [5.41, 5.74) is 0.269. The average Bonchev–Trinajstić information content (AvgIpc) is 2.88. The molecule has 1 N–H and O–H groups in total. The summed E-state index contributed by atoms with van der Waals surface area (Å²) in [5.74, 6) is -2.10. The second kappa shape index (κ2) is 7.40. The molecule has 2 aromatic rings. The van der Waals surface area contributed by atoms with Crippen LogP contribution in [-0.2, 0) is 4.79 Å². The summed E-state index contributed by atoms with van der Waals surface area (Å²) >= 11 is 5.78. The zero-order valence-electron chi connectivity index (χ0n) is 15.0. The molecular formula is C19H16ClN3O5. The molecule has 1 aliphatic rings. The minimum Gasteiger partial charge on any atom is -0.324 e. The van der Waals surface area contributed by atoms with Crippen LogP contribution in [0.3, 0.4) is 0 Å². The Kier molecular flexibility index (Phi) is 5.15. The van der Waals surface area contributed by atoms with Crippen LogP contribution in [-0.4, -0.2) is 33.6 Å². The normalized spacial score (nSPS) is 14.2. The molecule has 1 heterocycles. The largest absolute Gasteiger partial charge is 0.324 e. The van der Waals surface area contributed by atoms with Crippen molar-refractivity contribution in [3.63, 3.8) is 0 Å². The van der Waals surface area contributed by atoms with Crippen molar-refractivity contribution in [1.29, 1.82) is 0 Å². The summed E-state index contributed by atoms with van der Waals surface area (Å²) < 4.78 is 0. The number of nitro groups is 1. The minimum absolute atomic E-state index is 0.0660. The number of nitrogens with one attached hydrogen (secondary N) is 1. The lowest BCUT2D eigenvalue weighted by atomic mass is 10.0. The van der Waals surface area contributed by atoms with Gasteiger partial charge in [0.25, 0.3) is 17.5 Å².